The average molecular weight is 255 g/mol. The third-order valence-corrected chi connectivity index (χ3v) is 3.15. The molecule has 0 aliphatic heterocycles. The molecular weight excluding hydrogens is 238 g/mol. The van der Waals surface area contributed by atoms with Crippen molar-refractivity contribution in [1.29, 1.82) is 0 Å². The smallest absolute Gasteiger partial charge is 0.312 e. The van der Waals surface area contributed by atoms with Gasteiger partial charge in [-0.25, -0.2) is 0 Å². The van der Waals surface area contributed by atoms with Gasteiger partial charge >= 0.3 is 5.97 Å². The molecule has 2 aromatic carbocycles. The Bertz CT molecular complexity index is 525. The number of hydrogen-bond acceptors (Lipinski definition) is 2. The molecule has 0 saturated carbocycles. The van der Waals surface area contributed by atoms with Gasteiger partial charge in [0.25, 0.3) is 0 Å². The van der Waals surface area contributed by atoms with Gasteiger partial charge in [-0.05, 0) is 17.7 Å². The van der Waals surface area contributed by atoms with Crippen molar-refractivity contribution >= 4 is 11.7 Å². The van der Waals surface area contributed by atoms with Gasteiger partial charge in [-0.3, -0.25) is 4.79 Å². The molecule has 0 spiro atoms. The Balaban J connectivity index is 2.16. The number of likely N-dealkylation sites (N-methyl/N-ethyl adjacent to an activating group) is 1. The molecule has 3 heteroatoms. The largest absolute Gasteiger partial charge is 0.481 e. The van der Waals surface area contributed by atoms with Crippen LogP contribution in [0.4, 0.5) is 5.69 Å². The minimum Gasteiger partial charge on any atom is -0.481 e. The van der Waals surface area contributed by atoms with E-state index in [1.54, 1.807) is 0 Å². The highest BCUT2D eigenvalue weighted by Gasteiger charge is 2.21. The van der Waals surface area contributed by atoms with Crippen molar-refractivity contribution in [2.24, 2.45) is 0 Å². The molecule has 0 saturated heterocycles. The predicted octanol–water partition coefficient (Wildman–Crippen LogP) is 2.99. The van der Waals surface area contributed by atoms with Crippen molar-refractivity contribution in [3.63, 3.8) is 0 Å². The quantitative estimate of drug-likeness (QED) is 0.893. The highest BCUT2D eigenvalue weighted by Crippen LogP contribution is 2.20. The average Bonchev–Trinajstić information content (AvgIpc) is 2.46. The fourth-order valence-electron chi connectivity index (χ4n) is 2.07. The van der Waals surface area contributed by atoms with Crippen LogP contribution in [0, 0.1) is 0 Å². The van der Waals surface area contributed by atoms with Crippen molar-refractivity contribution < 1.29 is 9.90 Å². The van der Waals surface area contributed by atoms with Gasteiger partial charge in [0.2, 0.25) is 0 Å². The van der Waals surface area contributed by atoms with E-state index in [1.165, 1.54) is 0 Å². The van der Waals surface area contributed by atoms with Crippen LogP contribution in [0.1, 0.15) is 11.5 Å². The van der Waals surface area contributed by atoms with Gasteiger partial charge in [-0.1, -0.05) is 48.5 Å². The predicted molar refractivity (Wildman–Crippen MR) is 76.5 cm³/mol. The van der Waals surface area contributed by atoms with E-state index >= 15 is 0 Å². The number of aliphatic carboxylic acids is 1. The zero-order valence-electron chi connectivity index (χ0n) is 10.9. The molecule has 1 N–H and O–H groups in total. The number of carboxylic acids is 1. The third-order valence-electron chi connectivity index (χ3n) is 3.15. The first-order valence-electron chi connectivity index (χ1n) is 6.22. The van der Waals surface area contributed by atoms with E-state index in [-0.39, 0.29) is 0 Å². The van der Waals surface area contributed by atoms with Crippen molar-refractivity contribution in [3.05, 3.63) is 66.2 Å². The maximum atomic E-state index is 11.4. The van der Waals surface area contributed by atoms with Crippen molar-refractivity contribution in [2.45, 2.75) is 5.92 Å². The Labute approximate surface area is 113 Å². The van der Waals surface area contributed by atoms with E-state index in [1.807, 2.05) is 72.6 Å². The first kappa shape index (κ1) is 13.1. The number of nitrogens with zero attached hydrogens (tertiary/aromatic N) is 1. The van der Waals surface area contributed by atoms with E-state index in [4.69, 9.17) is 0 Å². The second-order valence-corrected chi connectivity index (χ2v) is 4.52. The number of carbonyl (C=O) groups is 1. The lowest BCUT2D eigenvalue weighted by atomic mass is 9.98. The Morgan fingerprint density at radius 3 is 2.11 bits per heavy atom. The number of benzene rings is 2. The van der Waals surface area contributed by atoms with Crippen LogP contribution in [0.3, 0.4) is 0 Å². The van der Waals surface area contributed by atoms with Gasteiger partial charge in [0.1, 0.15) is 0 Å². The summed E-state index contributed by atoms with van der Waals surface area (Å²) in [5.41, 5.74) is 1.85. The summed E-state index contributed by atoms with van der Waals surface area (Å²) < 4.78 is 0. The Kier molecular flexibility index (Phi) is 4.18. The summed E-state index contributed by atoms with van der Waals surface area (Å²) in [6, 6.07) is 19.1. The lowest BCUT2D eigenvalue weighted by Crippen LogP contribution is -2.28. The molecule has 19 heavy (non-hydrogen) atoms. The fraction of sp³-hybridized carbons (Fsp3) is 0.188. The van der Waals surface area contributed by atoms with Crippen LogP contribution in [0.25, 0.3) is 0 Å². The van der Waals surface area contributed by atoms with Crippen LogP contribution in [-0.4, -0.2) is 24.7 Å². The maximum absolute atomic E-state index is 11.4. The summed E-state index contributed by atoms with van der Waals surface area (Å²) in [6.07, 6.45) is 0. The van der Waals surface area contributed by atoms with Crippen molar-refractivity contribution in [3.8, 4) is 0 Å². The molecule has 2 aromatic rings. The molecule has 1 atom stereocenters. The van der Waals surface area contributed by atoms with E-state index in [2.05, 4.69) is 0 Å². The second-order valence-electron chi connectivity index (χ2n) is 4.52. The maximum Gasteiger partial charge on any atom is 0.312 e. The number of carboxylic acid groups (broad SMARTS) is 1. The highest BCUT2D eigenvalue weighted by atomic mass is 16.4. The van der Waals surface area contributed by atoms with E-state index in [0.717, 1.165) is 11.3 Å². The first-order valence-corrected chi connectivity index (χ1v) is 6.22. The first-order chi connectivity index (χ1) is 9.18. The molecule has 1 unspecified atom stereocenters. The highest BCUT2D eigenvalue weighted by molar-refractivity contribution is 5.77. The van der Waals surface area contributed by atoms with Crippen LogP contribution >= 0.6 is 0 Å². The second kappa shape index (κ2) is 6.05. The van der Waals surface area contributed by atoms with E-state index < -0.39 is 11.9 Å². The lowest BCUT2D eigenvalue weighted by molar-refractivity contribution is -0.138. The molecule has 0 heterocycles. The molecule has 0 aromatic heterocycles. The molecule has 0 fully saturated rings. The molecular formula is C16H17NO2. The van der Waals surface area contributed by atoms with Crippen molar-refractivity contribution in [1.82, 2.24) is 0 Å². The molecule has 0 aliphatic rings. The van der Waals surface area contributed by atoms with Gasteiger partial charge in [0.05, 0.1) is 5.92 Å². The topological polar surface area (TPSA) is 40.5 Å². The minimum absolute atomic E-state index is 0.448. The molecule has 0 radical (unpaired) electrons. The van der Waals surface area contributed by atoms with Crippen LogP contribution in [0.15, 0.2) is 60.7 Å². The van der Waals surface area contributed by atoms with Crippen molar-refractivity contribution in [2.75, 3.05) is 18.5 Å². The Hall–Kier alpha value is -2.29. The van der Waals surface area contributed by atoms with E-state index in [0.29, 0.717) is 6.54 Å². The van der Waals surface area contributed by atoms with E-state index in [9.17, 15) is 9.90 Å². The normalized spacial score (nSPS) is 11.8. The third kappa shape index (κ3) is 3.35. The van der Waals surface area contributed by atoms with Gasteiger partial charge in [-0.2, -0.15) is 0 Å². The summed E-state index contributed by atoms with van der Waals surface area (Å²) in [7, 11) is 1.91. The van der Waals surface area contributed by atoms with Gasteiger partial charge in [-0.15, -0.1) is 0 Å². The molecule has 0 bridgehead atoms. The summed E-state index contributed by atoms with van der Waals surface area (Å²) in [5.74, 6) is -1.32. The number of anilines is 1. The summed E-state index contributed by atoms with van der Waals surface area (Å²) in [4.78, 5) is 13.4. The minimum atomic E-state index is -0.797. The summed E-state index contributed by atoms with van der Waals surface area (Å²) in [5, 5.41) is 9.40. The molecule has 0 aliphatic carbocycles. The Morgan fingerprint density at radius 2 is 1.58 bits per heavy atom. The number of para-hydroxylation sites is 1. The molecule has 98 valence electrons. The molecule has 3 nitrogen and oxygen atoms in total. The fourth-order valence-corrected chi connectivity index (χ4v) is 2.07. The Morgan fingerprint density at radius 1 is 1.05 bits per heavy atom. The van der Waals surface area contributed by atoms with Gasteiger partial charge < -0.3 is 10.0 Å². The van der Waals surface area contributed by atoms with Crippen LogP contribution < -0.4 is 4.90 Å². The summed E-state index contributed by atoms with van der Waals surface area (Å²) in [6.45, 7) is 0.448. The molecule has 2 rings (SSSR count). The molecule has 0 amide bonds. The zero-order chi connectivity index (χ0) is 13.7. The zero-order valence-corrected chi connectivity index (χ0v) is 10.9. The van der Waals surface area contributed by atoms with Gasteiger partial charge in [0, 0.05) is 19.3 Å². The summed E-state index contributed by atoms with van der Waals surface area (Å²) >= 11 is 0. The number of hydrogen-bond donors (Lipinski definition) is 1. The SMILES string of the molecule is CN(CC(C(=O)O)c1ccccc1)c1ccccc1. The lowest BCUT2D eigenvalue weighted by Gasteiger charge is -2.23. The van der Waals surface area contributed by atoms with Gasteiger partial charge in [0.15, 0.2) is 0 Å². The van der Waals surface area contributed by atoms with Crippen LogP contribution in [0.5, 0.6) is 0 Å². The van der Waals surface area contributed by atoms with Crippen LogP contribution in [-0.2, 0) is 4.79 Å². The van der Waals surface area contributed by atoms with Crippen LogP contribution in [0.2, 0.25) is 0 Å². The standard InChI is InChI=1S/C16H17NO2/c1-17(14-10-6-3-7-11-14)12-15(16(18)19)13-8-4-2-5-9-13/h2-11,15H,12H2,1H3,(H,18,19). The number of rotatable bonds is 5. The monoisotopic (exact) mass is 255 g/mol.